The van der Waals surface area contributed by atoms with Crippen molar-refractivity contribution in [1.29, 1.82) is 0 Å². The molecule has 1 fully saturated rings. The average Bonchev–Trinajstić information content (AvgIpc) is 2.90. The van der Waals surface area contributed by atoms with E-state index in [0.717, 1.165) is 68.3 Å². The second-order valence-corrected chi connectivity index (χ2v) is 11.0. The molecule has 5 N–H and O–H groups in total. The van der Waals surface area contributed by atoms with E-state index in [1.165, 1.54) is 0 Å². The van der Waals surface area contributed by atoms with Crippen molar-refractivity contribution in [2.45, 2.75) is 43.4 Å². The van der Waals surface area contributed by atoms with E-state index in [-0.39, 0.29) is 0 Å². The molecule has 1 aromatic heterocycles. The van der Waals surface area contributed by atoms with Gasteiger partial charge >= 0.3 is 0 Å². The number of fused-ring (bicyclic) bond motifs is 1. The Morgan fingerprint density at radius 2 is 1.51 bits per heavy atom. The molecular weight excluding hydrogens is 460 g/mol. The van der Waals surface area contributed by atoms with Gasteiger partial charge in [0, 0.05) is 25.0 Å². The SMILES string of the molecule is NCCCCNc1nc(NC[C@H]2CC[C@H](CNS(=O)(=O)c3ccccc3)CC2)nc2ccccc12. The summed E-state index contributed by atoms with van der Waals surface area (Å²) in [5.74, 6) is 2.38. The number of aromatic nitrogens is 2. The summed E-state index contributed by atoms with van der Waals surface area (Å²) in [6.07, 6.45) is 6.12. The van der Waals surface area contributed by atoms with Crippen molar-refractivity contribution in [2.75, 3.05) is 36.8 Å². The van der Waals surface area contributed by atoms with Crippen LogP contribution in [0.15, 0.2) is 59.5 Å². The summed E-state index contributed by atoms with van der Waals surface area (Å²) < 4.78 is 27.7. The first-order chi connectivity index (χ1) is 17.0. The van der Waals surface area contributed by atoms with Gasteiger partial charge in [-0.3, -0.25) is 0 Å². The van der Waals surface area contributed by atoms with E-state index in [9.17, 15) is 8.42 Å². The summed E-state index contributed by atoms with van der Waals surface area (Å²) in [7, 11) is -3.44. The van der Waals surface area contributed by atoms with Crippen LogP contribution in [0, 0.1) is 11.8 Å². The Morgan fingerprint density at radius 3 is 2.26 bits per heavy atom. The van der Waals surface area contributed by atoms with Gasteiger partial charge in [-0.05, 0) is 81.2 Å². The highest BCUT2D eigenvalue weighted by Gasteiger charge is 2.23. The predicted molar refractivity (Wildman–Crippen MR) is 142 cm³/mol. The number of anilines is 2. The first-order valence-electron chi connectivity index (χ1n) is 12.5. The first kappa shape index (κ1) is 25.3. The molecule has 0 atom stereocenters. The molecular formula is C26H36N6O2S. The number of nitrogens with two attached hydrogens (primary N) is 1. The van der Waals surface area contributed by atoms with E-state index >= 15 is 0 Å². The van der Waals surface area contributed by atoms with Crippen molar-refractivity contribution >= 4 is 32.7 Å². The van der Waals surface area contributed by atoms with Crippen LogP contribution in [0.1, 0.15) is 38.5 Å². The van der Waals surface area contributed by atoms with Gasteiger partial charge in [0.1, 0.15) is 5.82 Å². The zero-order valence-electron chi connectivity index (χ0n) is 20.1. The zero-order valence-corrected chi connectivity index (χ0v) is 20.9. The number of sulfonamides is 1. The molecule has 1 heterocycles. The lowest BCUT2D eigenvalue weighted by Crippen LogP contribution is -2.32. The Labute approximate surface area is 208 Å². The standard InChI is InChI=1S/C26H36N6O2S/c27-16-6-7-17-28-25-23-10-4-5-11-24(23)31-26(32-25)29-18-20-12-14-21(15-13-20)19-30-35(33,34)22-8-2-1-3-9-22/h1-5,8-11,20-21,30H,6-7,12-19,27H2,(H2,28,29,31,32)/t20-,21-. The summed E-state index contributed by atoms with van der Waals surface area (Å²) in [6, 6.07) is 16.6. The maximum absolute atomic E-state index is 12.5. The number of nitrogens with one attached hydrogen (secondary N) is 3. The van der Waals surface area contributed by atoms with Gasteiger partial charge in [0.2, 0.25) is 16.0 Å². The molecule has 8 nitrogen and oxygen atoms in total. The first-order valence-corrected chi connectivity index (χ1v) is 14.0. The summed E-state index contributed by atoms with van der Waals surface area (Å²) >= 11 is 0. The van der Waals surface area contributed by atoms with E-state index in [0.29, 0.717) is 35.8 Å². The van der Waals surface area contributed by atoms with Crippen molar-refractivity contribution in [2.24, 2.45) is 17.6 Å². The molecule has 9 heteroatoms. The number of para-hydroxylation sites is 1. The van der Waals surface area contributed by atoms with Crippen molar-refractivity contribution in [1.82, 2.24) is 14.7 Å². The number of unbranched alkanes of at least 4 members (excludes halogenated alkanes) is 1. The Morgan fingerprint density at radius 1 is 0.829 bits per heavy atom. The minimum absolute atomic E-state index is 0.321. The average molecular weight is 497 g/mol. The van der Waals surface area contributed by atoms with Crippen LogP contribution < -0.4 is 21.1 Å². The van der Waals surface area contributed by atoms with Gasteiger partial charge in [0.25, 0.3) is 0 Å². The van der Waals surface area contributed by atoms with Crippen molar-refractivity contribution in [3.63, 3.8) is 0 Å². The molecule has 4 rings (SSSR count). The van der Waals surface area contributed by atoms with Crippen LogP contribution in [-0.4, -0.2) is 44.6 Å². The third-order valence-corrected chi connectivity index (χ3v) is 8.10. The summed E-state index contributed by atoms with van der Waals surface area (Å²) in [6.45, 7) is 2.83. The van der Waals surface area contributed by atoms with E-state index in [2.05, 4.69) is 15.4 Å². The highest BCUT2D eigenvalue weighted by Crippen LogP contribution is 2.29. The smallest absolute Gasteiger partial charge is 0.240 e. The quantitative estimate of drug-likeness (QED) is 0.280. The third-order valence-electron chi connectivity index (χ3n) is 6.66. The molecule has 3 aromatic rings. The molecule has 35 heavy (non-hydrogen) atoms. The number of nitrogens with zero attached hydrogens (tertiary/aromatic N) is 2. The van der Waals surface area contributed by atoms with Gasteiger partial charge in [0.05, 0.1) is 10.4 Å². The van der Waals surface area contributed by atoms with E-state index in [1.807, 2.05) is 30.3 Å². The van der Waals surface area contributed by atoms with Crippen LogP contribution >= 0.6 is 0 Å². The highest BCUT2D eigenvalue weighted by atomic mass is 32.2. The van der Waals surface area contributed by atoms with Gasteiger partial charge in [-0.2, -0.15) is 4.98 Å². The fraction of sp³-hybridized carbons (Fsp3) is 0.462. The molecule has 1 aliphatic carbocycles. The van der Waals surface area contributed by atoms with Crippen molar-refractivity contribution in [3.8, 4) is 0 Å². The fourth-order valence-corrected chi connectivity index (χ4v) is 5.69. The van der Waals surface area contributed by atoms with Gasteiger partial charge in [-0.25, -0.2) is 18.1 Å². The summed E-state index contributed by atoms with van der Waals surface area (Å²) in [5, 5.41) is 7.91. The monoisotopic (exact) mass is 496 g/mol. The molecule has 1 saturated carbocycles. The number of hydrogen-bond donors (Lipinski definition) is 4. The van der Waals surface area contributed by atoms with Crippen molar-refractivity contribution < 1.29 is 8.42 Å². The molecule has 0 unspecified atom stereocenters. The Bertz CT molecular complexity index is 1180. The molecule has 188 valence electrons. The van der Waals surface area contributed by atoms with Crippen LogP contribution in [0.3, 0.4) is 0 Å². The molecule has 2 aromatic carbocycles. The van der Waals surface area contributed by atoms with Crippen molar-refractivity contribution in [3.05, 3.63) is 54.6 Å². The zero-order chi connectivity index (χ0) is 24.5. The van der Waals surface area contributed by atoms with Gasteiger partial charge in [-0.15, -0.1) is 0 Å². The lowest BCUT2D eigenvalue weighted by molar-refractivity contribution is 0.284. The molecule has 0 bridgehead atoms. The van der Waals surface area contributed by atoms with Crippen LogP contribution in [-0.2, 0) is 10.0 Å². The topological polar surface area (TPSA) is 122 Å². The molecule has 0 saturated heterocycles. The minimum atomic E-state index is -3.44. The van der Waals surface area contributed by atoms with Crippen LogP contribution in [0.4, 0.5) is 11.8 Å². The maximum Gasteiger partial charge on any atom is 0.240 e. The van der Waals surface area contributed by atoms with Gasteiger partial charge < -0.3 is 16.4 Å². The number of rotatable bonds is 12. The van der Waals surface area contributed by atoms with Gasteiger partial charge in [0.15, 0.2) is 0 Å². The van der Waals surface area contributed by atoms with Crippen LogP contribution in [0.2, 0.25) is 0 Å². The molecule has 1 aliphatic rings. The van der Waals surface area contributed by atoms with Gasteiger partial charge in [-0.1, -0.05) is 30.3 Å². The van der Waals surface area contributed by atoms with Crippen LogP contribution in [0.5, 0.6) is 0 Å². The largest absolute Gasteiger partial charge is 0.369 e. The maximum atomic E-state index is 12.5. The molecule has 0 spiro atoms. The van der Waals surface area contributed by atoms with E-state index in [4.69, 9.17) is 15.7 Å². The second-order valence-electron chi connectivity index (χ2n) is 9.27. The number of hydrogen-bond acceptors (Lipinski definition) is 7. The minimum Gasteiger partial charge on any atom is -0.369 e. The Balaban J connectivity index is 1.27. The Hall–Kier alpha value is -2.75. The van der Waals surface area contributed by atoms with Crippen LogP contribution in [0.25, 0.3) is 10.9 Å². The lowest BCUT2D eigenvalue weighted by atomic mass is 9.82. The van der Waals surface area contributed by atoms with E-state index in [1.54, 1.807) is 24.3 Å². The second kappa shape index (κ2) is 12.3. The fourth-order valence-electron chi connectivity index (χ4n) is 4.55. The molecule has 0 amide bonds. The Kier molecular flexibility index (Phi) is 8.90. The number of benzene rings is 2. The van der Waals surface area contributed by atoms with E-state index < -0.39 is 10.0 Å². The summed E-state index contributed by atoms with van der Waals surface area (Å²) in [5.41, 5.74) is 6.53. The lowest BCUT2D eigenvalue weighted by Gasteiger charge is -2.28. The summed E-state index contributed by atoms with van der Waals surface area (Å²) in [4.78, 5) is 9.77. The normalized spacial score (nSPS) is 18.4. The third kappa shape index (κ3) is 7.13. The molecule has 0 radical (unpaired) electrons. The predicted octanol–water partition coefficient (Wildman–Crippen LogP) is 3.98. The highest BCUT2D eigenvalue weighted by molar-refractivity contribution is 7.89. The molecule has 0 aliphatic heterocycles.